The summed E-state index contributed by atoms with van der Waals surface area (Å²) in [5.74, 6) is 1.37. The molecule has 0 fully saturated rings. The molecule has 1 aromatic heterocycles. The summed E-state index contributed by atoms with van der Waals surface area (Å²) in [5, 5.41) is 2.92. The van der Waals surface area contributed by atoms with Gasteiger partial charge in [0.05, 0.1) is 29.1 Å². The second-order valence-corrected chi connectivity index (χ2v) is 6.54. The normalized spacial score (nSPS) is 14.8. The van der Waals surface area contributed by atoms with Gasteiger partial charge in [0.15, 0.2) is 0 Å². The molecule has 1 amide bonds. The molecular formula is C18H19ClN4O2. The number of fused-ring (bicyclic) bond motifs is 2. The quantitative estimate of drug-likeness (QED) is 0.611. The zero-order chi connectivity index (χ0) is 17.1. The fourth-order valence-corrected chi connectivity index (χ4v) is 3.11. The number of halogens is 1. The molecule has 1 aliphatic heterocycles. The van der Waals surface area contributed by atoms with E-state index in [1.165, 1.54) is 0 Å². The van der Waals surface area contributed by atoms with Crippen molar-refractivity contribution in [3.05, 3.63) is 35.9 Å². The first-order valence-electron chi connectivity index (χ1n) is 7.70. The summed E-state index contributed by atoms with van der Waals surface area (Å²) < 4.78 is 5.41. The van der Waals surface area contributed by atoms with Crippen LogP contribution in [0.15, 0.2) is 30.3 Å². The molecule has 7 heteroatoms. The highest BCUT2D eigenvalue weighted by Gasteiger charge is 2.38. The molecule has 0 saturated carbocycles. The second-order valence-electron chi connectivity index (χ2n) is 6.54. The lowest BCUT2D eigenvalue weighted by molar-refractivity contribution is -0.119. The third-order valence-electron chi connectivity index (χ3n) is 4.59. The number of carbonyl (C=O) groups excluding carboxylic acids is 1. The molecule has 0 bridgehead atoms. The smallest absolute Gasteiger partial charge is 0.234 e. The molecule has 0 atom stereocenters. The van der Waals surface area contributed by atoms with Gasteiger partial charge in [-0.3, -0.25) is 4.79 Å². The molecule has 2 heterocycles. The van der Waals surface area contributed by atoms with Gasteiger partial charge in [-0.15, -0.1) is 12.4 Å². The zero-order valence-corrected chi connectivity index (χ0v) is 15.0. The van der Waals surface area contributed by atoms with Crippen LogP contribution in [-0.4, -0.2) is 23.0 Å². The van der Waals surface area contributed by atoms with Gasteiger partial charge in [-0.05, 0) is 43.7 Å². The van der Waals surface area contributed by atoms with Crippen LogP contribution in [0.1, 0.15) is 19.4 Å². The number of methoxy groups -OCH3 is 1. The molecular weight excluding hydrogens is 340 g/mol. The van der Waals surface area contributed by atoms with Crippen LogP contribution in [0.2, 0.25) is 0 Å². The molecule has 4 rings (SSSR count). The number of rotatable bonds is 2. The van der Waals surface area contributed by atoms with Crippen LogP contribution in [0.5, 0.6) is 5.75 Å². The molecule has 3 aromatic rings. The number of aromatic amines is 1. The Balaban J connectivity index is 0.00000182. The maximum Gasteiger partial charge on any atom is 0.234 e. The molecule has 25 heavy (non-hydrogen) atoms. The number of aromatic nitrogens is 2. The van der Waals surface area contributed by atoms with E-state index in [1.54, 1.807) is 13.2 Å². The van der Waals surface area contributed by atoms with E-state index in [4.69, 9.17) is 10.5 Å². The number of nitrogens with one attached hydrogen (secondary N) is 2. The first-order valence-corrected chi connectivity index (χ1v) is 7.70. The minimum atomic E-state index is -0.548. The summed E-state index contributed by atoms with van der Waals surface area (Å²) in [6.07, 6.45) is 0. The van der Waals surface area contributed by atoms with E-state index in [2.05, 4.69) is 15.3 Å². The molecule has 0 radical (unpaired) electrons. The van der Waals surface area contributed by atoms with Crippen LogP contribution >= 0.6 is 12.4 Å². The zero-order valence-electron chi connectivity index (χ0n) is 14.1. The minimum Gasteiger partial charge on any atom is -0.496 e. The summed E-state index contributed by atoms with van der Waals surface area (Å²) in [6.45, 7) is 3.83. The van der Waals surface area contributed by atoms with E-state index < -0.39 is 5.41 Å². The number of anilines is 2. The van der Waals surface area contributed by atoms with Gasteiger partial charge in [0.2, 0.25) is 5.91 Å². The number of imidazole rings is 1. The van der Waals surface area contributed by atoms with Gasteiger partial charge in [-0.2, -0.15) is 0 Å². The number of amides is 1. The van der Waals surface area contributed by atoms with Crippen molar-refractivity contribution in [3.63, 3.8) is 0 Å². The lowest BCUT2D eigenvalue weighted by Gasteiger charge is -2.14. The number of nitrogen functional groups attached to an aromatic ring is 1. The lowest BCUT2D eigenvalue weighted by atomic mass is 9.86. The van der Waals surface area contributed by atoms with Crippen molar-refractivity contribution in [2.75, 3.05) is 18.2 Å². The average Bonchev–Trinajstić information content (AvgIpc) is 3.04. The number of hydrogen-bond donors (Lipinski definition) is 3. The van der Waals surface area contributed by atoms with Gasteiger partial charge in [0.1, 0.15) is 11.6 Å². The standard InChI is InChI=1S/C18H18N4O2.ClH/c1-18(2)11-7-13-14(8-12(11)22-17(18)23)21-16(20-13)10-5-4-9(19)6-15(10)24-3;/h4-8H,19H2,1-3H3,(H,20,21)(H,22,23);1H. The van der Waals surface area contributed by atoms with Crippen molar-refractivity contribution in [3.8, 4) is 17.1 Å². The molecule has 0 unspecified atom stereocenters. The Morgan fingerprint density at radius 3 is 2.68 bits per heavy atom. The molecule has 1 aliphatic rings. The van der Waals surface area contributed by atoms with Crippen molar-refractivity contribution >= 4 is 40.7 Å². The Kier molecular flexibility index (Phi) is 3.88. The van der Waals surface area contributed by atoms with E-state index >= 15 is 0 Å². The Bertz CT molecular complexity index is 994. The predicted octanol–water partition coefficient (Wildman–Crippen LogP) is 3.47. The Labute approximate surface area is 151 Å². The van der Waals surface area contributed by atoms with Crippen molar-refractivity contribution in [1.29, 1.82) is 0 Å². The molecule has 130 valence electrons. The summed E-state index contributed by atoms with van der Waals surface area (Å²) in [4.78, 5) is 20.0. The molecule has 0 aliphatic carbocycles. The number of hydrogen-bond acceptors (Lipinski definition) is 4. The van der Waals surface area contributed by atoms with E-state index in [0.29, 0.717) is 17.3 Å². The third-order valence-corrected chi connectivity index (χ3v) is 4.59. The number of nitrogens with two attached hydrogens (primary N) is 1. The summed E-state index contributed by atoms with van der Waals surface area (Å²) >= 11 is 0. The fraction of sp³-hybridized carbons (Fsp3) is 0.222. The maximum atomic E-state index is 12.1. The van der Waals surface area contributed by atoms with E-state index in [0.717, 1.165) is 27.8 Å². The highest BCUT2D eigenvalue weighted by molar-refractivity contribution is 6.07. The molecule has 0 saturated heterocycles. The van der Waals surface area contributed by atoms with Crippen LogP contribution in [0.3, 0.4) is 0 Å². The van der Waals surface area contributed by atoms with Crippen LogP contribution in [-0.2, 0) is 10.2 Å². The van der Waals surface area contributed by atoms with E-state index in [1.807, 2.05) is 38.1 Å². The largest absolute Gasteiger partial charge is 0.496 e. The summed E-state index contributed by atoms with van der Waals surface area (Å²) in [7, 11) is 1.60. The number of carbonyl (C=O) groups is 1. The van der Waals surface area contributed by atoms with Crippen LogP contribution in [0, 0.1) is 0 Å². The second kappa shape index (κ2) is 5.67. The Morgan fingerprint density at radius 1 is 1.20 bits per heavy atom. The molecule has 4 N–H and O–H groups in total. The first-order chi connectivity index (χ1) is 11.4. The topological polar surface area (TPSA) is 93.0 Å². The van der Waals surface area contributed by atoms with Crippen LogP contribution in [0.4, 0.5) is 11.4 Å². The number of nitrogens with zero attached hydrogens (tertiary/aromatic N) is 1. The maximum absolute atomic E-state index is 12.1. The van der Waals surface area contributed by atoms with Crippen molar-refractivity contribution in [2.45, 2.75) is 19.3 Å². The molecule has 6 nitrogen and oxygen atoms in total. The SMILES string of the molecule is COc1cc(N)ccc1-c1nc2cc3c(cc2[nH]1)C(C)(C)C(=O)N3.Cl. The summed E-state index contributed by atoms with van der Waals surface area (Å²) in [5.41, 5.74) is 10.2. The minimum absolute atomic E-state index is 0. The number of benzene rings is 2. The summed E-state index contributed by atoms with van der Waals surface area (Å²) in [6, 6.07) is 9.36. The van der Waals surface area contributed by atoms with Crippen molar-refractivity contribution in [2.24, 2.45) is 0 Å². The highest BCUT2D eigenvalue weighted by atomic mass is 35.5. The van der Waals surface area contributed by atoms with Gasteiger partial charge in [0, 0.05) is 17.4 Å². The number of H-pyrrole nitrogens is 1. The molecule has 0 spiro atoms. The van der Waals surface area contributed by atoms with Gasteiger partial charge >= 0.3 is 0 Å². The highest BCUT2D eigenvalue weighted by Crippen LogP contribution is 2.40. The van der Waals surface area contributed by atoms with Gasteiger partial charge in [0.25, 0.3) is 0 Å². The third kappa shape index (κ3) is 2.49. The van der Waals surface area contributed by atoms with Crippen molar-refractivity contribution in [1.82, 2.24) is 9.97 Å². The van der Waals surface area contributed by atoms with Crippen LogP contribution < -0.4 is 15.8 Å². The fourth-order valence-electron chi connectivity index (χ4n) is 3.11. The van der Waals surface area contributed by atoms with Crippen LogP contribution in [0.25, 0.3) is 22.4 Å². The molecule has 2 aromatic carbocycles. The monoisotopic (exact) mass is 358 g/mol. The van der Waals surface area contributed by atoms with E-state index in [9.17, 15) is 4.79 Å². The van der Waals surface area contributed by atoms with Crippen molar-refractivity contribution < 1.29 is 9.53 Å². The lowest BCUT2D eigenvalue weighted by Crippen LogP contribution is -2.26. The Morgan fingerprint density at radius 2 is 1.96 bits per heavy atom. The van der Waals surface area contributed by atoms with E-state index in [-0.39, 0.29) is 18.3 Å². The Hall–Kier alpha value is -2.73. The van der Waals surface area contributed by atoms with Gasteiger partial charge < -0.3 is 20.8 Å². The average molecular weight is 359 g/mol. The van der Waals surface area contributed by atoms with Gasteiger partial charge in [-0.25, -0.2) is 4.98 Å². The van der Waals surface area contributed by atoms with Gasteiger partial charge in [-0.1, -0.05) is 0 Å². The number of ether oxygens (including phenoxy) is 1. The predicted molar refractivity (Wildman–Crippen MR) is 101 cm³/mol. The first kappa shape index (κ1) is 17.1.